The van der Waals surface area contributed by atoms with E-state index >= 15 is 0 Å². The number of H-pyrrole nitrogens is 1. The Balaban J connectivity index is 1.45. The van der Waals surface area contributed by atoms with Crippen molar-refractivity contribution in [2.24, 2.45) is 5.92 Å². The molecule has 2 N–H and O–H groups in total. The number of piperidine rings is 1. The molecule has 12 heteroatoms. The molecule has 0 bridgehead atoms. The van der Waals surface area contributed by atoms with Gasteiger partial charge in [-0.2, -0.15) is 10.4 Å². The number of likely N-dealkylation sites (tertiary alicyclic amines) is 1. The third-order valence-electron chi connectivity index (χ3n) is 7.45. The Morgan fingerprint density at radius 1 is 1.29 bits per heavy atom. The summed E-state index contributed by atoms with van der Waals surface area (Å²) in [6, 6.07) is 11.8. The molecule has 10 nitrogen and oxygen atoms in total. The number of rotatable bonds is 8. The highest BCUT2D eigenvalue weighted by atomic mass is 19.3. The van der Waals surface area contributed by atoms with Gasteiger partial charge in [-0.15, -0.1) is 0 Å². The molecule has 0 radical (unpaired) electrons. The number of carbonyl (C=O) groups excluding carboxylic acids is 1. The number of benzene rings is 2. The average Bonchev–Trinajstić information content (AvgIpc) is 3.34. The molecule has 214 valence electrons. The molecule has 1 unspecified atom stereocenters. The second-order valence-electron chi connectivity index (χ2n) is 10.8. The van der Waals surface area contributed by atoms with Crippen molar-refractivity contribution in [3.63, 3.8) is 0 Å². The first-order valence-corrected chi connectivity index (χ1v) is 13.4. The van der Waals surface area contributed by atoms with Crippen LogP contribution in [0.5, 0.6) is 5.75 Å². The Morgan fingerprint density at radius 3 is 2.76 bits per heavy atom. The highest BCUT2D eigenvalue weighted by Gasteiger charge is 2.33. The molecule has 5 rings (SSSR count). The summed E-state index contributed by atoms with van der Waals surface area (Å²) in [6.07, 6.45) is -0.936. The number of ether oxygens (including phenoxy) is 1. The summed E-state index contributed by atoms with van der Waals surface area (Å²) in [5.41, 5.74) is 0.226. The van der Waals surface area contributed by atoms with Crippen LogP contribution in [0.2, 0.25) is 0 Å². The lowest BCUT2D eigenvalue weighted by molar-refractivity contribution is -0.136. The second kappa shape index (κ2) is 11.2. The fraction of sp³-hybridized carbons (Fsp3) is 0.414. The van der Waals surface area contributed by atoms with E-state index < -0.39 is 24.2 Å². The predicted octanol–water partition coefficient (Wildman–Crippen LogP) is 3.39. The number of fused-ring (bicyclic) bond motifs is 2. The lowest BCUT2D eigenvalue weighted by Crippen LogP contribution is -2.48. The number of alkyl halides is 2. The maximum atomic E-state index is 13.3. The van der Waals surface area contributed by atoms with Crippen LogP contribution in [0.15, 0.2) is 41.2 Å². The van der Waals surface area contributed by atoms with Gasteiger partial charge < -0.3 is 19.7 Å². The summed E-state index contributed by atoms with van der Waals surface area (Å²) < 4.78 is 31.6. The minimum Gasteiger partial charge on any atom is -0.486 e. The number of nitrogens with zero attached hydrogens (tertiary/aromatic N) is 5. The molecular formula is C29H30F2N6O4. The minimum atomic E-state index is -2.69. The summed E-state index contributed by atoms with van der Waals surface area (Å²) in [5.74, 6) is 0.165. The van der Waals surface area contributed by atoms with Crippen LogP contribution in [0, 0.1) is 17.2 Å². The van der Waals surface area contributed by atoms with Crippen LogP contribution in [0.1, 0.15) is 43.8 Å². The third kappa shape index (κ3) is 6.05. The molecule has 4 aromatic rings. The molecule has 0 spiro atoms. The van der Waals surface area contributed by atoms with E-state index in [9.17, 15) is 28.7 Å². The van der Waals surface area contributed by atoms with Gasteiger partial charge in [-0.1, -0.05) is 18.2 Å². The van der Waals surface area contributed by atoms with Gasteiger partial charge >= 0.3 is 0 Å². The van der Waals surface area contributed by atoms with Gasteiger partial charge in [0.1, 0.15) is 30.8 Å². The minimum absolute atomic E-state index is 0.0125. The zero-order chi connectivity index (χ0) is 29.3. The Bertz CT molecular complexity index is 1700. The molecular weight excluding hydrogens is 534 g/mol. The Hall–Kier alpha value is -4.37. The van der Waals surface area contributed by atoms with Crippen molar-refractivity contribution in [3.8, 4) is 11.8 Å². The SMILES string of the molecule is CC(C)(O)C1CCCN(C(=O)Cn2nc(Cc3nc4cc(OCC(F)F)c(C#N)cc4[nH]3)c3ccccc3c2=O)C1. The fourth-order valence-electron chi connectivity index (χ4n) is 5.24. The zero-order valence-corrected chi connectivity index (χ0v) is 22.7. The van der Waals surface area contributed by atoms with Gasteiger partial charge in [-0.05, 0) is 38.8 Å². The number of nitriles is 1. The maximum absolute atomic E-state index is 13.3. The van der Waals surface area contributed by atoms with Crippen LogP contribution in [0.3, 0.4) is 0 Å². The van der Waals surface area contributed by atoms with Crippen molar-refractivity contribution in [2.45, 2.75) is 51.7 Å². The Labute approximate surface area is 234 Å². The van der Waals surface area contributed by atoms with Crippen molar-refractivity contribution in [2.75, 3.05) is 19.7 Å². The number of aromatic amines is 1. The van der Waals surface area contributed by atoms with Crippen LogP contribution in [-0.2, 0) is 17.8 Å². The van der Waals surface area contributed by atoms with E-state index in [1.807, 2.05) is 6.07 Å². The molecule has 3 heterocycles. The molecule has 1 aliphatic rings. The second-order valence-corrected chi connectivity index (χ2v) is 10.8. The Morgan fingerprint density at radius 2 is 2.05 bits per heavy atom. The normalized spacial score (nSPS) is 15.9. The topological polar surface area (TPSA) is 137 Å². The Kier molecular flexibility index (Phi) is 7.73. The molecule has 0 aliphatic carbocycles. The highest BCUT2D eigenvalue weighted by molar-refractivity contribution is 5.85. The van der Waals surface area contributed by atoms with Gasteiger partial charge in [0.15, 0.2) is 0 Å². The van der Waals surface area contributed by atoms with E-state index in [1.54, 1.807) is 43.0 Å². The van der Waals surface area contributed by atoms with Gasteiger partial charge in [0.2, 0.25) is 5.91 Å². The van der Waals surface area contributed by atoms with E-state index in [0.717, 1.165) is 12.8 Å². The first-order valence-electron chi connectivity index (χ1n) is 13.4. The molecule has 1 atom stereocenters. The monoisotopic (exact) mass is 564 g/mol. The summed E-state index contributed by atoms with van der Waals surface area (Å²) in [6.45, 7) is 3.35. The van der Waals surface area contributed by atoms with Crippen LogP contribution in [-0.4, -0.2) is 67.4 Å². The molecule has 41 heavy (non-hydrogen) atoms. The van der Waals surface area contributed by atoms with Crippen LogP contribution < -0.4 is 10.3 Å². The lowest BCUT2D eigenvalue weighted by Gasteiger charge is -2.38. The predicted molar refractivity (Wildman–Crippen MR) is 147 cm³/mol. The fourth-order valence-corrected chi connectivity index (χ4v) is 5.24. The van der Waals surface area contributed by atoms with Gasteiger partial charge in [-0.3, -0.25) is 9.59 Å². The molecule has 1 saturated heterocycles. The largest absolute Gasteiger partial charge is 0.486 e. The average molecular weight is 565 g/mol. The van der Waals surface area contributed by atoms with Crippen molar-refractivity contribution < 1.29 is 23.4 Å². The number of hydrogen-bond acceptors (Lipinski definition) is 7. The van der Waals surface area contributed by atoms with Gasteiger partial charge in [0, 0.05) is 30.5 Å². The van der Waals surface area contributed by atoms with E-state index in [0.29, 0.717) is 46.4 Å². The molecule has 1 amide bonds. The van der Waals surface area contributed by atoms with Crippen LogP contribution >= 0.6 is 0 Å². The quantitative estimate of drug-likeness (QED) is 0.335. The highest BCUT2D eigenvalue weighted by Crippen LogP contribution is 2.28. The van der Waals surface area contributed by atoms with Gasteiger partial charge in [-0.25, -0.2) is 18.4 Å². The number of aromatic nitrogens is 4. The van der Waals surface area contributed by atoms with E-state index in [-0.39, 0.29) is 36.1 Å². The number of hydrogen-bond donors (Lipinski definition) is 2. The maximum Gasteiger partial charge on any atom is 0.275 e. The number of imidazole rings is 1. The van der Waals surface area contributed by atoms with Crippen molar-refractivity contribution in [3.05, 3.63) is 63.8 Å². The first-order chi connectivity index (χ1) is 19.5. The van der Waals surface area contributed by atoms with E-state index in [2.05, 4.69) is 15.1 Å². The van der Waals surface area contributed by atoms with Crippen LogP contribution in [0.25, 0.3) is 21.8 Å². The first kappa shape index (κ1) is 28.2. The van der Waals surface area contributed by atoms with Crippen molar-refractivity contribution in [1.82, 2.24) is 24.6 Å². The van der Waals surface area contributed by atoms with Crippen LogP contribution in [0.4, 0.5) is 8.78 Å². The standard InChI is InChI=1S/C29H30F2N6O4/c1-29(2,40)18-6-5-9-36(14-18)27(38)15-37-28(39)20-8-4-3-7-19(20)21(35-37)12-26-33-22-10-17(13-32)24(11-23(22)34-26)41-16-25(30)31/h3-4,7-8,10-11,18,25,40H,5-6,9,12,14-16H2,1-2H3,(H,33,34). The third-order valence-corrected chi connectivity index (χ3v) is 7.45. The molecule has 2 aromatic heterocycles. The molecule has 2 aromatic carbocycles. The number of carbonyl (C=O) groups is 1. The summed E-state index contributed by atoms with van der Waals surface area (Å²) in [7, 11) is 0. The number of halogens is 2. The number of nitrogens with one attached hydrogen (secondary N) is 1. The number of amides is 1. The van der Waals surface area contributed by atoms with E-state index in [1.165, 1.54) is 16.8 Å². The molecule has 1 aliphatic heterocycles. The lowest BCUT2D eigenvalue weighted by atomic mass is 9.84. The summed E-state index contributed by atoms with van der Waals surface area (Å²) >= 11 is 0. The van der Waals surface area contributed by atoms with E-state index in [4.69, 9.17) is 4.74 Å². The van der Waals surface area contributed by atoms with Gasteiger partial charge in [0.05, 0.1) is 39.7 Å². The molecule has 0 saturated carbocycles. The van der Waals surface area contributed by atoms with Crippen molar-refractivity contribution >= 4 is 27.7 Å². The molecule has 1 fully saturated rings. The zero-order valence-electron chi connectivity index (χ0n) is 22.7. The summed E-state index contributed by atoms with van der Waals surface area (Å²) in [5, 5.41) is 25.5. The smallest absolute Gasteiger partial charge is 0.275 e. The van der Waals surface area contributed by atoms with Crippen molar-refractivity contribution in [1.29, 1.82) is 5.26 Å². The number of aliphatic hydroxyl groups is 1. The van der Waals surface area contributed by atoms with Gasteiger partial charge in [0.25, 0.3) is 12.0 Å². The summed E-state index contributed by atoms with van der Waals surface area (Å²) in [4.78, 5) is 35.9.